The number of rotatable bonds is 4. The molecule has 0 saturated heterocycles. The fourth-order valence-corrected chi connectivity index (χ4v) is 1.80. The summed E-state index contributed by atoms with van der Waals surface area (Å²) >= 11 is 0. The Hall–Kier alpha value is -1.02. The van der Waals surface area contributed by atoms with E-state index in [9.17, 15) is 0 Å². The van der Waals surface area contributed by atoms with Crippen molar-refractivity contribution >= 4 is 5.69 Å². The number of hydrogen-bond donors (Lipinski definition) is 2. The minimum atomic E-state index is 0.687. The highest BCUT2D eigenvalue weighted by molar-refractivity contribution is 5.50. The van der Waals surface area contributed by atoms with Crippen molar-refractivity contribution < 1.29 is 0 Å². The van der Waals surface area contributed by atoms with Crippen molar-refractivity contribution in [1.29, 1.82) is 0 Å². The van der Waals surface area contributed by atoms with E-state index < -0.39 is 0 Å². The zero-order valence-electron chi connectivity index (χ0n) is 8.72. The standard InChI is InChI=1S/C12H18N2/c1-9-2-5-11(14-7-6-13)8-12(9)10-3-4-10/h2,5,8,10,14H,3-4,6-7,13H2,1H3. The summed E-state index contributed by atoms with van der Waals surface area (Å²) in [6.45, 7) is 3.74. The fraction of sp³-hybridized carbons (Fsp3) is 0.500. The maximum atomic E-state index is 5.45. The van der Waals surface area contributed by atoms with Crippen LogP contribution in [0.25, 0.3) is 0 Å². The molecule has 3 N–H and O–H groups in total. The third-order valence-electron chi connectivity index (χ3n) is 2.77. The second-order valence-corrected chi connectivity index (χ2v) is 4.06. The first-order chi connectivity index (χ1) is 6.81. The summed E-state index contributed by atoms with van der Waals surface area (Å²) in [5, 5.41) is 3.32. The van der Waals surface area contributed by atoms with Gasteiger partial charge in [-0.05, 0) is 48.9 Å². The van der Waals surface area contributed by atoms with Gasteiger partial charge in [0.05, 0.1) is 0 Å². The molecule has 1 aliphatic rings. The van der Waals surface area contributed by atoms with Gasteiger partial charge in [0.15, 0.2) is 0 Å². The lowest BCUT2D eigenvalue weighted by Crippen LogP contribution is -2.13. The van der Waals surface area contributed by atoms with Crippen molar-refractivity contribution in [1.82, 2.24) is 0 Å². The van der Waals surface area contributed by atoms with Crippen LogP contribution in [0.1, 0.15) is 29.9 Å². The summed E-state index contributed by atoms with van der Waals surface area (Å²) in [5.74, 6) is 0.828. The van der Waals surface area contributed by atoms with Crippen LogP contribution in [0.15, 0.2) is 18.2 Å². The maximum Gasteiger partial charge on any atom is 0.0343 e. The molecule has 0 unspecified atom stereocenters. The first-order valence-corrected chi connectivity index (χ1v) is 5.36. The molecule has 0 aromatic heterocycles. The molecular formula is C12H18N2. The Bertz CT molecular complexity index is 316. The molecule has 2 rings (SSSR count). The number of nitrogens with one attached hydrogen (secondary N) is 1. The molecule has 1 aliphatic carbocycles. The summed E-state index contributed by atoms with van der Waals surface area (Å²) < 4.78 is 0. The molecule has 1 fully saturated rings. The number of aryl methyl sites for hydroxylation is 1. The molecule has 0 bridgehead atoms. The first-order valence-electron chi connectivity index (χ1n) is 5.36. The molecule has 76 valence electrons. The van der Waals surface area contributed by atoms with Crippen LogP contribution in [0.2, 0.25) is 0 Å². The van der Waals surface area contributed by atoms with Crippen molar-refractivity contribution in [2.45, 2.75) is 25.7 Å². The van der Waals surface area contributed by atoms with Gasteiger partial charge in [0.1, 0.15) is 0 Å². The zero-order valence-corrected chi connectivity index (χ0v) is 8.72. The summed E-state index contributed by atoms with van der Waals surface area (Å²) in [4.78, 5) is 0. The zero-order chi connectivity index (χ0) is 9.97. The molecular weight excluding hydrogens is 172 g/mol. The molecule has 1 aromatic carbocycles. The van der Waals surface area contributed by atoms with Crippen LogP contribution in [-0.4, -0.2) is 13.1 Å². The summed E-state index contributed by atoms with van der Waals surface area (Å²) in [5.41, 5.74) is 9.61. The lowest BCUT2D eigenvalue weighted by molar-refractivity contribution is 1.02. The van der Waals surface area contributed by atoms with Crippen LogP contribution in [0.3, 0.4) is 0 Å². The van der Waals surface area contributed by atoms with Crippen molar-refractivity contribution in [3.8, 4) is 0 Å². The van der Waals surface area contributed by atoms with Gasteiger partial charge in [-0.3, -0.25) is 0 Å². The van der Waals surface area contributed by atoms with Gasteiger partial charge >= 0.3 is 0 Å². The molecule has 0 amide bonds. The molecule has 0 aliphatic heterocycles. The van der Waals surface area contributed by atoms with Crippen LogP contribution in [0.5, 0.6) is 0 Å². The fourth-order valence-electron chi connectivity index (χ4n) is 1.80. The van der Waals surface area contributed by atoms with E-state index in [1.807, 2.05) is 0 Å². The van der Waals surface area contributed by atoms with Crippen molar-refractivity contribution in [3.05, 3.63) is 29.3 Å². The Morgan fingerprint density at radius 2 is 2.21 bits per heavy atom. The predicted molar refractivity (Wildman–Crippen MR) is 60.7 cm³/mol. The van der Waals surface area contributed by atoms with E-state index in [-0.39, 0.29) is 0 Å². The highest BCUT2D eigenvalue weighted by Gasteiger charge is 2.24. The van der Waals surface area contributed by atoms with Crippen LogP contribution >= 0.6 is 0 Å². The minimum Gasteiger partial charge on any atom is -0.384 e. The van der Waals surface area contributed by atoms with E-state index in [1.54, 1.807) is 0 Å². The SMILES string of the molecule is Cc1ccc(NCCN)cc1C1CC1. The quantitative estimate of drug-likeness (QED) is 0.764. The lowest BCUT2D eigenvalue weighted by Gasteiger charge is -2.09. The average Bonchev–Trinajstić information content (AvgIpc) is 3.00. The Morgan fingerprint density at radius 3 is 2.86 bits per heavy atom. The summed E-state index contributed by atoms with van der Waals surface area (Å²) in [6.07, 6.45) is 2.72. The van der Waals surface area contributed by atoms with Crippen molar-refractivity contribution in [2.24, 2.45) is 5.73 Å². The molecule has 2 heteroatoms. The van der Waals surface area contributed by atoms with Gasteiger partial charge in [0.25, 0.3) is 0 Å². The van der Waals surface area contributed by atoms with E-state index >= 15 is 0 Å². The lowest BCUT2D eigenvalue weighted by atomic mass is 10.0. The van der Waals surface area contributed by atoms with Crippen molar-refractivity contribution in [3.63, 3.8) is 0 Å². The van der Waals surface area contributed by atoms with Crippen LogP contribution in [0, 0.1) is 6.92 Å². The largest absolute Gasteiger partial charge is 0.384 e. The number of hydrogen-bond acceptors (Lipinski definition) is 2. The molecule has 0 heterocycles. The van der Waals surface area contributed by atoms with Crippen molar-refractivity contribution in [2.75, 3.05) is 18.4 Å². The first kappa shape index (κ1) is 9.53. The van der Waals surface area contributed by atoms with E-state index in [1.165, 1.54) is 29.7 Å². The van der Waals surface area contributed by atoms with Gasteiger partial charge in [-0.25, -0.2) is 0 Å². The number of benzene rings is 1. The van der Waals surface area contributed by atoms with E-state index in [0.717, 1.165) is 12.5 Å². The smallest absolute Gasteiger partial charge is 0.0343 e. The topological polar surface area (TPSA) is 38.0 Å². The third kappa shape index (κ3) is 2.07. The Labute approximate surface area is 85.5 Å². The van der Waals surface area contributed by atoms with Gasteiger partial charge in [0.2, 0.25) is 0 Å². The number of anilines is 1. The molecule has 2 nitrogen and oxygen atoms in total. The van der Waals surface area contributed by atoms with Crippen LogP contribution < -0.4 is 11.1 Å². The molecule has 0 radical (unpaired) electrons. The highest BCUT2D eigenvalue weighted by atomic mass is 14.9. The minimum absolute atomic E-state index is 0.687. The normalized spacial score (nSPS) is 15.6. The Kier molecular flexibility index (Phi) is 2.73. The predicted octanol–water partition coefficient (Wildman–Crippen LogP) is 2.24. The van der Waals surface area contributed by atoms with Crippen LogP contribution in [-0.2, 0) is 0 Å². The van der Waals surface area contributed by atoms with E-state index in [2.05, 4.69) is 30.4 Å². The van der Waals surface area contributed by atoms with Gasteiger partial charge in [-0.15, -0.1) is 0 Å². The second-order valence-electron chi connectivity index (χ2n) is 4.06. The van der Waals surface area contributed by atoms with E-state index in [0.29, 0.717) is 6.54 Å². The average molecular weight is 190 g/mol. The molecule has 0 spiro atoms. The van der Waals surface area contributed by atoms with Gasteiger partial charge < -0.3 is 11.1 Å². The molecule has 0 atom stereocenters. The van der Waals surface area contributed by atoms with Gasteiger partial charge in [-0.2, -0.15) is 0 Å². The number of nitrogens with two attached hydrogens (primary N) is 1. The molecule has 1 aromatic rings. The van der Waals surface area contributed by atoms with E-state index in [4.69, 9.17) is 5.73 Å². The second kappa shape index (κ2) is 4.01. The maximum absolute atomic E-state index is 5.45. The molecule has 1 saturated carbocycles. The van der Waals surface area contributed by atoms with Gasteiger partial charge in [-0.1, -0.05) is 6.07 Å². The Balaban J connectivity index is 2.13. The third-order valence-corrected chi connectivity index (χ3v) is 2.77. The highest BCUT2D eigenvalue weighted by Crippen LogP contribution is 2.42. The monoisotopic (exact) mass is 190 g/mol. The summed E-state index contributed by atoms with van der Waals surface area (Å²) in [6, 6.07) is 6.62. The molecule has 14 heavy (non-hydrogen) atoms. The Morgan fingerprint density at radius 1 is 1.43 bits per heavy atom. The van der Waals surface area contributed by atoms with Crippen LogP contribution in [0.4, 0.5) is 5.69 Å². The van der Waals surface area contributed by atoms with Gasteiger partial charge in [0, 0.05) is 18.8 Å². The summed E-state index contributed by atoms with van der Waals surface area (Å²) in [7, 11) is 0.